The van der Waals surface area contributed by atoms with Crippen LogP contribution in [0.4, 0.5) is 8.78 Å². The highest BCUT2D eigenvalue weighted by Crippen LogP contribution is 2.21. The third-order valence-electron chi connectivity index (χ3n) is 5.17. The molecule has 158 valence electrons. The number of halogens is 2. The Morgan fingerprint density at radius 1 is 1.07 bits per heavy atom. The number of nitrogens with one attached hydrogen (secondary N) is 1. The molecule has 0 saturated heterocycles. The lowest BCUT2D eigenvalue weighted by atomic mass is 9.91. The van der Waals surface area contributed by atoms with Crippen LogP contribution >= 0.6 is 0 Å². The Labute approximate surface area is 171 Å². The summed E-state index contributed by atoms with van der Waals surface area (Å²) >= 11 is 0. The van der Waals surface area contributed by atoms with E-state index in [-0.39, 0.29) is 17.6 Å². The fraction of sp³-hybridized carbons (Fsp3) is 0.435. The van der Waals surface area contributed by atoms with Crippen molar-refractivity contribution < 1.29 is 18.8 Å². The van der Waals surface area contributed by atoms with E-state index in [1.807, 2.05) is 7.05 Å². The van der Waals surface area contributed by atoms with Gasteiger partial charge in [-0.25, -0.2) is 14.3 Å². The van der Waals surface area contributed by atoms with Gasteiger partial charge < -0.3 is 4.90 Å². The van der Waals surface area contributed by atoms with Gasteiger partial charge in [0.15, 0.2) is 0 Å². The van der Waals surface area contributed by atoms with Crippen molar-refractivity contribution in [2.75, 3.05) is 13.6 Å². The van der Waals surface area contributed by atoms with Crippen molar-refractivity contribution in [3.05, 3.63) is 70.3 Å². The first-order valence-electron chi connectivity index (χ1n) is 9.92. The molecule has 0 aromatic heterocycles. The first-order valence-corrected chi connectivity index (χ1v) is 9.92. The molecule has 6 heteroatoms. The molecule has 0 fully saturated rings. The van der Waals surface area contributed by atoms with E-state index in [0.717, 1.165) is 37.1 Å². The maximum absolute atomic E-state index is 13.8. The van der Waals surface area contributed by atoms with Crippen molar-refractivity contribution in [1.82, 2.24) is 10.4 Å². The number of aryl methyl sites for hydroxylation is 2. The van der Waals surface area contributed by atoms with Gasteiger partial charge in [-0.1, -0.05) is 30.7 Å². The third kappa shape index (κ3) is 7.22. The second kappa shape index (κ2) is 11.0. The highest BCUT2D eigenvalue weighted by atomic mass is 19.1. The minimum absolute atomic E-state index is 0.221. The van der Waals surface area contributed by atoms with Crippen LogP contribution in [0.1, 0.15) is 41.5 Å². The maximum Gasteiger partial charge on any atom is 0.246 e. The van der Waals surface area contributed by atoms with Gasteiger partial charge in [0, 0.05) is 12.5 Å². The Morgan fingerprint density at radius 3 is 2.28 bits per heavy atom. The molecule has 2 rings (SSSR count). The first-order chi connectivity index (χ1) is 13.8. The number of unbranched alkanes of at least 4 members (excludes halogenated alkanes) is 1. The monoisotopic (exact) mass is 404 g/mol. The minimum Gasteiger partial charge on any atom is -0.302 e. The maximum atomic E-state index is 13.8. The SMILES string of the molecule is Cc1cc(C[C@H](CCCCN(C)Cc2ccc(F)cc2)C(=O)NO)cc(C)c1F. The molecule has 0 saturated carbocycles. The average molecular weight is 405 g/mol. The van der Waals surface area contributed by atoms with Crippen molar-refractivity contribution in [2.45, 2.75) is 46.1 Å². The second-order valence-corrected chi connectivity index (χ2v) is 7.78. The first kappa shape index (κ1) is 23.0. The molecular formula is C23H30F2N2O2. The van der Waals surface area contributed by atoms with Gasteiger partial charge in [-0.15, -0.1) is 0 Å². The van der Waals surface area contributed by atoms with Gasteiger partial charge in [-0.05, 0) is 81.1 Å². The topological polar surface area (TPSA) is 52.6 Å². The minimum atomic E-state index is -0.413. The van der Waals surface area contributed by atoms with Crippen LogP contribution in [-0.2, 0) is 17.8 Å². The summed E-state index contributed by atoms with van der Waals surface area (Å²) in [5.41, 5.74) is 4.82. The number of benzene rings is 2. The molecule has 0 heterocycles. The van der Waals surface area contributed by atoms with Crippen LogP contribution in [0.15, 0.2) is 36.4 Å². The van der Waals surface area contributed by atoms with Crippen LogP contribution < -0.4 is 5.48 Å². The zero-order chi connectivity index (χ0) is 21.4. The molecule has 0 unspecified atom stereocenters. The lowest BCUT2D eigenvalue weighted by Gasteiger charge is -2.19. The number of amides is 1. The number of hydrogen-bond donors (Lipinski definition) is 2. The van der Waals surface area contributed by atoms with Gasteiger partial charge >= 0.3 is 0 Å². The average Bonchev–Trinajstić information content (AvgIpc) is 2.69. The number of hydroxylamine groups is 1. The summed E-state index contributed by atoms with van der Waals surface area (Å²) in [6.07, 6.45) is 2.81. The fourth-order valence-electron chi connectivity index (χ4n) is 3.61. The predicted molar refractivity (Wildman–Crippen MR) is 110 cm³/mol. The number of carbonyl (C=O) groups excluding carboxylic acids is 1. The molecule has 2 aromatic rings. The number of rotatable bonds is 10. The summed E-state index contributed by atoms with van der Waals surface area (Å²) < 4.78 is 26.8. The zero-order valence-corrected chi connectivity index (χ0v) is 17.3. The van der Waals surface area contributed by atoms with Gasteiger partial charge in [0.2, 0.25) is 5.91 Å². The lowest BCUT2D eigenvalue weighted by molar-refractivity contribution is -0.133. The van der Waals surface area contributed by atoms with Crippen molar-refractivity contribution >= 4 is 5.91 Å². The highest BCUT2D eigenvalue weighted by molar-refractivity contribution is 5.77. The molecule has 0 aliphatic carbocycles. The standard InChI is InChI=1S/C23H30F2N2O2/c1-16-12-19(13-17(2)22(16)25)14-20(23(28)26-29)6-4-5-11-27(3)15-18-7-9-21(24)10-8-18/h7-10,12-13,20,29H,4-6,11,14-15H2,1-3H3,(H,26,28)/t20-/m0/s1. The van der Waals surface area contributed by atoms with E-state index < -0.39 is 5.91 Å². The number of carbonyl (C=O) groups is 1. The van der Waals surface area contributed by atoms with Crippen molar-refractivity contribution in [2.24, 2.45) is 5.92 Å². The Kier molecular flexibility index (Phi) is 8.73. The lowest BCUT2D eigenvalue weighted by Crippen LogP contribution is -2.29. The van der Waals surface area contributed by atoms with Crippen molar-refractivity contribution in [1.29, 1.82) is 0 Å². The van der Waals surface area contributed by atoms with Crippen molar-refractivity contribution in [3.63, 3.8) is 0 Å². The molecule has 4 nitrogen and oxygen atoms in total. The largest absolute Gasteiger partial charge is 0.302 e. The molecule has 0 spiro atoms. The highest BCUT2D eigenvalue weighted by Gasteiger charge is 2.19. The molecule has 0 aliphatic rings. The fourth-order valence-corrected chi connectivity index (χ4v) is 3.61. The molecule has 0 bridgehead atoms. The van der Waals surface area contributed by atoms with Crippen LogP contribution in [0.5, 0.6) is 0 Å². The van der Waals surface area contributed by atoms with Crippen LogP contribution in [-0.4, -0.2) is 29.6 Å². The Balaban J connectivity index is 1.84. The van der Waals surface area contributed by atoms with E-state index in [9.17, 15) is 13.6 Å². The smallest absolute Gasteiger partial charge is 0.246 e. The van der Waals surface area contributed by atoms with Gasteiger partial charge in [-0.3, -0.25) is 10.0 Å². The molecule has 0 aliphatic heterocycles. The Morgan fingerprint density at radius 2 is 1.69 bits per heavy atom. The van der Waals surface area contributed by atoms with E-state index in [1.54, 1.807) is 43.6 Å². The quantitative estimate of drug-likeness (QED) is 0.347. The van der Waals surface area contributed by atoms with E-state index in [2.05, 4.69) is 4.90 Å². The molecule has 2 N–H and O–H groups in total. The molecule has 0 radical (unpaired) electrons. The predicted octanol–water partition coefficient (Wildman–Crippen LogP) is 4.55. The molecular weight excluding hydrogens is 374 g/mol. The molecule has 2 aromatic carbocycles. The molecule has 1 amide bonds. The summed E-state index contributed by atoms with van der Waals surface area (Å²) in [7, 11) is 2.01. The van der Waals surface area contributed by atoms with Gasteiger partial charge in [-0.2, -0.15) is 0 Å². The van der Waals surface area contributed by atoms with E-state index in [4.69, 9.17) is 5.21 Å². The summed E-state index contributed by atoms with van der Waals surface area (Å²) in [4.78, 5) is 14.2. The summed E-state index contributed by atoms with van der Waals surface area (Å²) in [5, 5.41) is 9.07. The van der Waals surface area contributed by atoms with E-state index >= 15 is 0 Å². The van der Waals surface area contributed by atoms with E-state index in [1.165, 1.54) is 12.1 Å². The van der Waals surface area contributed by atoms with E-state index in [0.29, 0.717) is 24.0 Å². The third-order valence-corrected chi connectivity index (χ3v) is 5.17. The summed E-state index contributed by atoms with van der Waals surface area (Å²) in [6, 6.07) is 9.99. The van der Waals surface area contributed by atoms with Gasteiger partial charge in [0.1, 0.15) is 11.6 Å². The summed E-state index contributed by atoms with van der Waals surface area (Å²) in [6.45, 7) is 5.00. The zero-order valence-electron chi connectivity index (χ0n) is 17.3. The normalized spacial score (nSPS) is 12.2. The van der Waals surface area contributed by atoms with Crippen molar-refractivity contribution in [3.8, 4) is 0 Å². The van der Waals surface area contributed by atoms with Crippen LogP contribution in [0.25, 0.3) is 0 Å². The van der Waals surface area contributed by atoms with Crippen LogP contribution in [0.2, 0.25) is 0 Å². The second-order valence-electron chi connectivity index (χ2n) is 7.78. The Hall–Kier alpha value is -2.31. The van der Waals surface area contributed by atoms with Crippen LogP contribution in [0.3, 0.4) is 0 Å². The number of hydrogen-bond acceptors (Lipinski definition) is 3. The molecule has 29 heavy (non-hydrogen) atoms. The summed E-state index contributed by atoms with van der Waals surface area (Å²) in [5.74, 6) is -1.24. The van der Waals surface area contributed by atoms with Crippen LogP contribution in [0, 0.1) is 31.4 Å². The number of nitrogens with zero attached hydrogens (tertiary/aromatic N) is 1. The van der Waals surface area contributed by atoms with Gasteiger partial charge in [0.25, 0.3) is 0 Å². The molecule has 1 atom stereocenters. The Bertz CT molecular complexity index is 786. The van der Waals surface area contributed by atoms with Gasteiger partial charge in [0.05, 0.1) is 0 Å².